The first-order valence-corrected chi connectivity index (χ1v) is 8.51. The second-order valence-corrected chi connectivity index (χ2v) is 7.28. The fourth-order valence-corrected chi connectivity index (χ4v) is 3.32. The Balaban J connectivity index is 1.72. The smallest absolute Gasteiger partial charge is 0.402 e. The molecule has 0 fully saturated rings. The number of hydrogen-bond acceptors (Lipinski definition) is 6. The molecule has 0 unspecified atom stereocenters. The van der Waals surface area contributed by atoms with E-state index in [1.165, 1.54) is 29.5 Å². The van der Waals surface area contributed by atoms with Crippen LogP contribution in [0, 0.1) is 6.92 Å². The van der Waals surface area contributed by atoms with Gasteiger partial charge in [-0.15, -0.1) is 16.4 Å². The van der Waals surface area contributed by atoms with Crippen molar-refractivity contribution in [2.75, 3.05) is 5.32 Å². The summed E-state index contributed by atoms with van der Waals surface area (Å²) < 4.78 is 42.6. The molecule has 3 aromatic rings. The number of alkyl halides is 3. The number of aryl methyl sites for hydroxylation is 1. The SMILES string of the molecule is Cc1ccc(-c2nnc(NC(=O)c3cccc(SC(F)(F)F)c3)o2)s1. The van der Waals surface area contributed by atoms with E-state index in [0.29, 0.717) is 0 Å². The van der Waals surface area contributed by atoms with Gasteiger partial charge in [0.2, 0.25) is 0 Å². The van der Waals surface area contributed by atoms with Crippen LogP contribution in [0.5, 0.6) is 0 Å². The fourth-order valence-electron chi connectivity index (χ4n) is 1.93. The number of amides is 1. The van der Waals surface area contributed by atoms with Gasteiger partial charge in [-0.1, -0.05) is 11.2 Å². The molecule has 1 aromatic carbocycles. The molecule has 2 aromatic heterocycles. The van der Waals surface area contributed by atoms with Crippen molar-refractivity contribution in [2.45, 2.75) is 17.3 Å². The fraction of sp³-hybridized carbons (Fsp3) is 0.133. The average molecular weight is 385 g/mol. The summed E-state index contributed by atoms with van der Waals surface area (Å²) in [6.07, 6.45) is 0. The Kier molecular flexibility index (Phi) is 4.82. The van der Waals surface area contributed by atoms with Crippen LogP contribution in [0.4, 0.5) is 19.2 Å². The number of hydrogen-bond donors (Lipinski definition) is 1. The summed E-state index contributed by atoms with van der Waals surface area (Å²) in [7, 11) is 0. The molecule has 0 aliphatic carbocycles. The number of nitrogens with one attached hydrogen (secondary N) is 1. The molecule has 2 heterocycles. The number of benzene rings is 1. The highest BCUT2D eigenvalue weighted by molar-refractivity contribution is 8.00. The van der Waals surface area contributed by atoms with Crippen LogP contribution in [0.2, 0.25) is 0 Å². The van der Waals surface area contributed by atoms with Crippen molar-refractivity contribution in [1.82, 2.24) is 10.2 Å². The molecule has 130 valence electrons. The lowest BCUT2D eigenvalue weighted by Gasteiger charge is -2.07. The Bertz CT molecular complexity index is 905. The van der Waals surface area contributed by atoms with Gasteiger partial charge in [-0.25, -0.2) is 0 Å². The van der Waals surface area contributed by atoms with E-state index >= 15 is 0 Å². The van der Waals surface area contributed by atoms with E-state index < -0.39 is 11.4 Å². The first kappa shape index (κ1) is 17.5. The van der Waals surface area contributed by atoms with Crippen LogP contribution in [0.3, 0.4) is 0 Å². The summed E-state index contributed by atoms with van der Waals surface area (Å²) in [5, 5.41) is 9.94. The Hall–Kier alpha value is -2.33. The Morgan fingerprint density at radius 2 is 2.04 bits per heavy atom. The molecule has 1 N–H and O–H groups in total. The summed E-state index contributed by atoms with van der Waals surface area (Å²) in [6, 6.07) is 8.78. The van der Waals surface area contributed by atoms with Gasteiger partial charge >= 0.3 is 11.5 Å². The van der Waals surface area contributed by atoms with Crippen LogP contribution in [-0.2, 0) is 0 Å². The molecular weight excluding hydrogens is 375 g/mol. The Morgan fingerprint density at radius 3 is 2.72 bits per heavy atom. The lowest BCUT2D eigenvalue weighted by Crippen LogP contribution is -2.12. The lowest BCUT2D eigenvalue weighted by molar-refractivity contribution is -0.0328. The minimum absolute atomic E-state index is 0.0565. The van der Waals surface area contributed by atoms with Gasteiger partial charge in [0.15, 0.2) is 0 Å². The van der Waals surface area contributed by atoms with Crippen molar-refractivity contribution < 1.29 is 22.4 Å². The molecule has 0 atom stereocenters. The molecular formula is C15H10F3N3O2S2. The van der Waals surface area contributed by atoms with Crippen LogP contribution in [0.25, 0.3) is 10.8 Å². The van der Waals surface area contributed by atoms with Crippen molar-refractivity contribution in [2.24, 2.45) is 0 Å². The Labute approximate surface area is 148 Å². The van der Waals surface area contributed by atoms with Gasteiger partial charge in [0.25, 0.3) is 11.8 Å². The number of nitrogens with zero attached hydrogens (tertiary/aromatic N) is 2. The standard InChI is InChI=1S/C15H10F3N3O2S2/c1-8-5-6-11(24-8)13-20-21-14(23-13)19-12(22)9-3-2-4-10(7-9)25-15(16,17)18/h2-7H,1H3,(H,19,21,22). The average Bonchev–Trinajstić information content (AvgIpc) is 3.14. The first-order valence-electron chi connectivity index (χ1n) is 6.88. The number of carbonyl (C=O) groups is 1. The van der Waals surface area contributed by atoms with Gasteiger partial charge in [0.05, 0.1) is 4.88 Å². The van der Waals surface area contributed by atoms with Crippen molar-refractivity contribution in [3.8, 4) is 10.8 Å². The van der Waals surface area contributed by atoms with E-state index in [1.807, 2.05) is 19.1 Å². The number of anilines is 1. The summed E-state index contributed by atoms with van der Waals surface area (Å²) in [6.45, 7) is 1.93. The number of thioether (sulfide) groups is 1. The maximum Gasteiger partial charge on any atom is 0.446 e. The van der Waals surface area contributed by atoms with Crippen LogP contribution in [0.1, 0.15) is 15.2 Å². The highest BCUT2D eigenvalue weighted by Crippen LogP contribution is 2.37. The maximum atomic E-state index is 12.4. The zero-order chi connectivity index (χ0) is 18.0. The van der Waals surface area contributed by atoms with Crippen LogP contribution < -0.4 is 5.32 Å². The van der Waals surface area contributed by atoms with Crippen molar-refractivity contribution in [1.29, 1.82) is 0 Å². The number of rotatable bonds is 4. The molecule has 0 bridgehead atoms. The summed E-state index contributed by atoms with van der Waals surface area (Å²) >= 11 is 1.17. The number of thiophene rings is 1. The maximum absolute atomic E-state index is 12.4. The van der Waals surface area contributed by atoms with E-state index in [4.69, 9.17) is 4.42 Å². The molecule has 0 aliphatic rings. The van der Waals surface area contributed by atoms with Crippen LogP contribution >= 0.6 is 23.1 Å². The molecule has 0 saturated carbocycles. The predicted molar refractivity (Wildman–Crippen MR) is 88.7 cm³/mol. The molecule has 1 amide bonds. The van der Waals surface area contributed by atoms with Gasteiger partial charge in [0, 0.05) is 15.3 Å². The zero-order valence-corrected chi connectivity index (χ0v) is 14.3. The van der Waals surface area contributed by atoms with Gasteiger partial charge in [-0.3, -0.25) is 10.1 Å². The van der Waals surface area contributed by atoms with Gasteiger partial charge in [-0.05, 0) is 49.0 Å². The number of aromatic nitrogens is 2. The van der Waals surface area contributed by atoms with Crippen molar-refractivity contribution >= 4 is 35.0 Å². The van der Waals surface area contributed by atoms with Crippen molar-refractivity contribution in [3.63, 3.8) is 0 Å². The third-order valence-corrected chi connectivity index (χ3v) is 4.64. The molecule has 3 rings (SSSR count). The van der Waals surface area contributed by atoms with E-state index in [-0.39, 0.29) is 34.1 Å². The van der Waals surface area contributed by atoms with Gasteiger partial charge in [-0.2, -0.15) is 13.2 Å². The van der Waals surface area contributed by atoms with Crippen LogP contribution in [0.15, 0.2) is 45.7 Å². The van der Waals surface area contributed by atoms with E-state index in [2.05, 4.69) is 15.5 Å². The Morgan fingerprint density at radius 1 is 1.24 bits per heavy atom. The molecule has 0 saturated heterocycles. The molecule has 0 radical (unpaired) electrons. The minimum atomic E-state index is -4.42. The van der Waals surface area contributed by atoms with Crippen LogP contribution in [-0.4, -0.2) is 21.6 Å². The van der Waals surface area contributed by atoms with E-state index in [9.17, 15) is 18.0 Å². The minimum Gasteiger partial charge on any atom is -0.402 e. The molecule has 5 nitrogen and oxygen atoms in total. The molecule has 0 aliphatic heterocycles. The summed E-state index contributed by atoms with van der Waals surface area (Å²) in [5.74, 6) is -0.378. The van der Waals surface area contributed by atoms with Crippen molar-refractivity contribution in [3.05, 3.63) is 46.8 Å². The van der Waals surface area contributed by atoms with Gasteiger partial charge < -0.3 is 4.42 Å². The largest absolute Gasteiger partial charge is 0.446 e. The monoisotopic (exact) mass is 385 g/mol. The second kappa shape index (κ2) is 6.89. The molecule has 0 spiro atoms. The summed E-state index contributed by atoms with van der Waals surface area (Å²) in [5.41, 5.74) is -4.36. The highest BCUT2D eigenvalue weighted by atomic mass is 32.2. The second-order valence-electron chi connectivity index (χ2n) is 4.85. The third-order valence-electron chi connectivity index (χ3n) is 2.93. The quantitative estimate of drug-likeness (QED) is 0.642. The zero-order valence-electron chi connectivity index (χ0n) is 12.6. The predicted octanol–water partition coefficient (Wildman–Crippen LogP) is 4.97. The normalized spacial score (nSPS) is 11.5. The lowest BCUT2D eigenvalue weighted by atomic mass is 10.2. The molecule has 10 heteroatoms. The number of carbonyl (C=O) groups excluding carboxylic acids is 1. The topological polar surface area (TPSA) is 68.0 Å². The van der Waals surface area contributed by atoms with E-state index in [0.717, 1.165) is 15.8 Å². The van der Waals surface area contributed by atoms with E-state index in [1.54, 1.807) is 0 Å². The van der Waals surface area contributed by atoms with Gasteiger partial charge in [0.1, 0.15) is 0 Å². The summed E-state index contributed by atoms with van der Waals surface area (Å²) in [4.78, 5) is 13.9. The highest BCUT2D eigenvalue weighted by Gasteiger charge is 2.29. The first-order chi connectivity index (χ1) is 11.8. The number of halogens is 3. The molecule has 25 heavy (non-hydrogen) atoms. The third kappa shape index (κ3) is 4.60.